The van der Waals surface area contributed by atoms with Crippen molar-refractivity contribution in [1.82, 2.24) is 14.9 Å². The Labute approximate surface area is 160 Å². The van der Waals surface area contributed by atoms with E-state index in [1.165, 1.54) is 0 Å². The smallest absolute Gasteiger partial charge is 0.313 e. The first-order valence-electron chi connectivity index (χ1n) is 9.57. The predicted octanol–water partition coefficient (Wildman–Crippen LogP) is 3.11. The first-order chi connectivity index (χ1) is 13.0. The van der Waals surface area contributed by atoms with Crippen LogP contribution in [0.25, 0.3) is 0 Å². The van der Waals surface area contributed by atoms with Crippen molar-refractivity contribution in [3.05, 3.63) is 47.5 Å². The van der Waals surface area contributed by atoms with E-state index in [1.54, 1.807) is 7.11 Å². The van der Waals surface area contributed by atoms with Gasteiger partial charge in [-0.15, -0.1) is 0 Å². The Balaban J connectivity index is 1.81. The molecule has 1 N–H and O–H groups in total. The molecule has 0 amide bonds. The summed E-state index contributed by atoms with van der Waals surface area (Å²) in [7, 11) is 1.66. The van der Waals surface area contributed by atoms with Crippen molar-refractivity contribution in [2.75, 3.05) is 26.8 Å². The van der Waals surface area contributed by atoms with Gasteiger partial charge in [0.1, 0.15) is 11.6 Å². The lowest BCUT2D eigenvalue weighted by molar-refractivity contribution is -0.159. The quantitative estimate of drug-likeness (QED) is 0.758. The van der Waals surface area contributed by atoms with Crippen LogP contribution in [0.15, 0.2) is 30.5 Å². The molecule has 1 aliphatic heterocycles. The van der Waals surface area contributed by atoms with Crippen molar-refractivity contribution < 1.29 is 14.3 Å². The molecule has 0 aliphatic carbocycles. The minimum atomic E-state index is -0.532. The molecule has 1 aromatic carbocycles. The van der Waals surface area contributed by atoms with E-state index >= 15 is 0 Å². The Morgan fingerprint density at radius 2 is 2.26 bits per heavy atom. The average molecular weight is 371 g/mol. The second-order valence-electron chi connectivity index (χ2n) is 7.34. The van der Waals surface area contributed by atoms with E-state index in [0.717, 1.165) is 48.8 Å². The SMILES string of the molecule is CCOC(=O)[C@]1(Cc2cccc(OC)c2)CCCN(Cc2cnc(C)[nH]2)C1. The number of nitrogens with one attached hydrogen (secondary N) is 1. The Bertz CT molecular complexity index is 774. The number of carbonyl (C=O) groups excluding carboxylic acids is 1. The molecular weight excluding hydrogens is 342 g/mol. The maximum absolute atomic E-state index is 13.0. The van der Waals surface area contributed by atoms with Gasteiger partial charge in [-0.05, 0) is 57.4 Å². The summed E-state index contributed by atoms with van der Waals surface area (Å²) in [6, 6.07) is 7.97. The van der Waals surface area contributed by atoms with Crippen molar-refractivity contribution in [2.45, 2.75) is 39.7 Å². The molecule has 0 saturated carbocycles. The molecule has 1 aliphatic rings. The van der Waals surface area contributed by atoms with Crippen LogP contribution in [-0.2, 0) is 22.5 Å². The standard InChI is InChI=1S/C21H29N3O3/c1-4-27-20(25)21(12-17-7-5-8-19(11-17)26-3)9-6-10-24(15-21)14-18-13-22-16(2)23-18/h5,7-8,11,13H,4,6,9-10,12,14-15H2,1-3H3,(H,22,23)/t21-/m0/s1. The topological polar surface area (TPSA) is 67.5 Å². The number of imidazole rings is 1. The van der Waals surface area contributed by atoms with Crippen molar-refractivity contribution in [1.29, 1.82) is 0 Å². The van der Waals surface area contributed by atoms with Crippen LogP contribution in [0.1, 0.15) is 36.8 Å². The van der Waals surface area contributed by atoms with E-state index in [-0.39, 0.29) is 5.97 Å². The van der Waals surface area contributed by atoms with Crippen LogP contribution in [0.2, 0.25) is 0 Å². The molecule has 3 rings (SSSR count). The van der Waals surface area contributed by atoms with Gasteiger partial charge in [-0.25, -0.2) is 4.98 Å². The number of benzene rings is 1. The van der Waals surface area contributed by atoms with Crippen LogP contribution in [0, 0.1) is 12.3 Å². The number of ether oxygens (including phenoxy) is 2. The number of H-pyrrole nitrogens is 1. The number of aromatic nitrogens is 2. The van der Waals surface area contributed by atoms with Crippen LogP contribution in [-0.4, -0.2) is 47.6 Å². The highest BCUT2D eigenvalue weighted by Gasteiger charge is 2.43. The zero-order chi connectivity index (χ0) is 19.3. The molecule has 6 nitrogen and oxygen atoms in total. The zero-order valence-corrected chi connectivity index (χ0v) is 16.5. The van der Waals surface area contributed by atoms with Gasteiger partial charge < -0.3 is 14.5 Å². The van der Waals surface area contributed by atoms with Gasteiger partial charge in [0.15, 0.2) is 0 Å². The molecular formula is C21H29N3O3. The molecule has 6 heteroatoms. The van der Waals surface area contributed by atoms with Crippen molar-refractivity contribution >= 4 is 5.97 Å². The Morgan fingerprint density at radius 1 is 1.41 bits per heavy atom. The molecule has 1 saturated heterocycles. The van der Waals surface area contributed by atoms with Gasteiger partial charge in [0.25, 0.3) is 0 Å². The highest BCUT2D eigenvalue weighted by atomic mass is 16.5. The normalized spacial score (nSPS) is 20.4. The van der Waals surface area contributed by atoms with Gasteiger partial charge in [-0.2, -0.15) is 0 Å². The van der Waals surface area contributed by atoms with Gasteiger partial charge in [0.2, 0.25) is 0 Å². The molecule has 27 heavy (non-hydrogen) atoms. The van der Waals surface area contributed by atoms with Crippen molar-refractivity contribution in [3.8, 4) is 5.75 Å². The third-order valence-electron chi connectivity index (χ3n) is 5.19. The van der Waals surface area contributed by atoms with E-state index in [2.05, 4.69) is 20.9 Å². The molecule has 2 aromatic rings. The first-order valence-corrected chi connectivity index (χ1v) is 9.57. The average Bonchev–Trinajstić information content (AvgIpc) is 3.07. The lowest BCUT2D eigenvalue weighted by Crippen LogP contribution is -2.49. The second-order valence-corrected chi connectivity index (χ2v) is 7.34. The molecule has 0 radical (unpaired) electrons. The minimum Gasteiger partial charge on any atom is -0.497 e. The number of hydrogen-bond donors (Lipinski definition) is 1. The molecule has 2 heterocycles. The van der Waals surface area contributed by atoms with Gasteiger partial charge in [-0.3, -0.25) is 9.69 Å². The Morgan fingerprint density at radius 3 is 2.96 bits per heavy atom. The second kappa shape index (κ2) is 8.57. The molecule has 0 unspecified atom stereocenters. The van der Waals surface area contributed by atoms with Gasteiger partial charge in [-0.1, -0.05) is 12.1 Å². The molecule has 0 spiro atoms. The van der Waals surface area contributed by atoms with E-state index in [1.807, 2.05) is 38.2 Å². The summed E-state index contributed by atoms with van der Waals surface area (Å²) < 4.78 is 10.8. The number of likely N-dealkylation sites (tertiary alicyclic amines) is 1. The molecule has 146 valence electrons. The third kappa shape index (κ3) is 4.69. The van der Waals surface area contributed by atoms with Gasteiger partial charge >= 0.3 is 5.97 Å². The van der Waals surface area contributed by atoms with Crippen LogP contribution >= 0.6 is 0 Å². The third-order valence-corrected chi connectivity index (χ3v) is 5.19. The first kappa shape index (κ1) is 19.4. The van der Waals surface area contributed by atoms with Crippen LogP contribution in [0.5, 0.6) is 5.75 Å². The summed E-state index contributed by atoms with van der Waals surface area (Å²) in [5, 5.41) is 0. The van der Waals surface area contributed by atoms with E-state index < -0.39 is 5.41 Å². The largest absolute Gasteiger partial charge is 0.497 e. The zero-order valence-electron chi connectivity index (χ0n) is 16.5. The van der Waals surface area contributed by atoms with Gasteiger partial charge in [0.05, 0.1) is 19.1 Å². The fourth-order valence-electron chi connectivity index (χ4n) is 4.00. The molecule has 0 bridgehead atoms. The monoisotopic (exact) mass is 371 g/mol. The number of esters is 1. The number of nitrogens with zero attached hydrogens (tertiary/aromatic N) is 2. The summed E-state index contributed by atoms with van der Waals surface area (Å²) in [5.74, 6) is 1.63. The van der Waals surface area contributed by atoms with Crippen LogP contribution in [0.4, 0.5) is 0 Å². The number of aryl methyl sites for hydroxylation is 1. The molecule has 1 aromatic heterocycles. The minimum absolute atomic E-state index is 0.0988. The highest BCUT2D eigenvalue weighted by Crippen LogP contribution is 2.36. The molecule has 1 fully saturated rings. The number of hydrogen-bond acceptors (Lipinski definition) is 5. The maximum atomic E-state index is 13.0. The lowest BCUT2D eigenvalue weighted by Gasteiger charge is -2.41. The van der Waals surface area contributed by atoms with E-state index in [9.17, 15) is 4.79 Å². The van der Waals surface area contributed by atoms with Crippen molar-refractivity contribution in [2.24, 2.45) is 5.41 Å². The summed E-state index contributed by atoms with van der Waals surface area (Å²) >= 11 is 0. The van der Waals surface area contributed by atoms with E-state index in [4.69, 9.17) is 9.47 Å². The van der Waals surface area contributed by atoms with Crippen LogP contribution < -0.4 is 4.74 Å². The fourth-order valence-corrected chi connectivity index (χ4v) is 4.00. The van der Waals surface area contributed by atoms with Crippen LogP contribution in [0.3, 0.4) is 0 Å². The fraction of sp³-hybridized carbons (Fsp3) is 0.524. The number of piperidine rings is 1. The van der Waals surface area contributed by atoms with Crippen molar-refractivity contribution in [3.63, 3.8) is 0 Å². The number of aromatic amines is 1. The summed E-state index contributed by atoms with van der Waals surface area (Å²) in [4.78, 5) is 22.9. The number of methoxy groups -OCH3 is 1. The maximum Gasteiger partial charge on any atom is 0.313 e. The Kier molecular flexibility index (Phi) is 6.16. The highest BCUT2D eigenvalue weighted by molar-refractivity contribution is 5.78. The molecule has 1 atom stereocenters. The predicted molar refractivity (Wildman–Crippen MR) is 104 cm³/mol. The van der Waals surface area contributed by atoms with Gasteiger partial charge in [0, 0.05) is 25.0 Å². The van der Waals surface area contributed by atoms with E-state index in [0.29, 0.717) is 19.6 Å². The number of carbonyl (C=O) groups is 1. The lowest BCUT2D eigenvalue weighted by atomic mass is 9.75. The Hall–Kier alpha value is -2.34. The summed E-state index contributed by atoms with van der Waals surface area (Å²) in [6.45, 7) is 6.63. The summed E-state index contributed by atoms with van der Waals surface area (Å²) in [6.07, 6.45) is 4.33. The summed E-state index contributed by atoms with van der Waals surface area (Å²) in [5.41, 5.74) is 1.64. The number of rotatable bonds is 7.